The first-order valence-corrected chi connectivity index (χ1v) is 15.9. The minimum atomic E-state index is -0.518. The molecule has 44 heavy (non-hydrogen) atoms. The van der Waals surface area contributed by atoms with Crippen LogP contribution >= 0.6 is 39.1 Å². The molecule has 0 bridgehead atoms. The van der Waals surface area contributed by atoms with Crippen LogP contribution in [0.4, 0.5) is 0 Å². The third-order valence-electron chi connectivity index (χ3n) is 5.18. The molecule has 0 unspecified atom stereocenters. The molecule has 0 radical (unpaired) electrons. The quantitative estimate of drug-likeness (QED) is 0.259. The number of carbonyl (C=O) groups is 1. The van der Waals surface area contributed by atoms with Crippen LogP contribution in [0.5, 0.6) is 11.5 Å². The number of carbonyl (C=O) groups excluding carboxylic acids is 1. The highest BCUT2D eigenvalue weighted by atomic mass is 79.9. The number of methoxy groups -OCH3 is 1. The number of nitrogens with zero attached hydrogens (tertiary/aromatic N) is 2. The van der Waals surface area contributed by atoms with Gasteiger partial charge in [0.2, 0.25) is 0 Å². The predicted molar refractivity (Wildman–Crippen MR) is 191 cm³/mol. The van der Waals surface area contributed by atoms with E-state index in [2.05, 4.69) is 47.1 Å². The number of aliphatic hydroxyl groups is 1. The molecule has 1 aliphatic rings. The molecular weight excluding hydrogens is 669 g/mol. The summed E-state index contributed by atoms with van der Waals surface area (Å²) in [5, 5.41) is 15.5. The number of esters is 1. The van der Waals surface area contributed by atoms with E-state index >= 15 is 0 Å². The number of hydrogen-bond donors (Lipinski definition) is 2. The van der Waals surface area contributed by atoms with Gasteiger partial charge < -0.3 is 24.6 Å². The highest BCUT2D eigenvalue weighted by Crippen LogP contribution is 2.45. The van der Waals surface area contributed by atoms with Crippen LogP contribution in [0.25, 0.3) is 16.9 Å². The van der Waals surface area contributed by atoms with Crippen molar-refractivity contribution < 1.29 is 24.1 Å². The summed E-state index contributed by atoms with van der Waals surface area (Å²) in [6.07, 6.45) is 0. The van der Waals surface area contributed by atoms with Gasteiger partial charge in [-0.15, -0.1) is 0 Å². The fourth-order valence-corrected chi connectivity index (χ4v) is 4.24. The van der Waals surface area contributed by atoms with Crippen molar-refractivity contribution in [1.82, 2.24) is 15.1 Å². The Morgan fingerprint density at radius 2 is 1.55 bits per heavy atom. The van der Waals surface area contributed by atoms with Crippen LogP contribution < -0.4 is 14.8 Å². The first kappa shape index (κ1) is 46.1. The van der Waals surface area contributed by atoms with Gasteiger partial charge in [0.05, 0.1) is 35.1 Å². The lowest BCUT2D eigenvalue weighted by Crippen LogP contribution is -2.31. The van der Waals surface area contributed by atoms with E-state index in [1.165, 1.54) is 0 Å². The molecule has 2 heterocycles. The first-order valence-electron chi connectivity index (χ1n) is 14.4. The summed E-state index contributed by atoms with van der Waals surface area (Å²) < 4.78 is 18.8. The van der Waals surface area contributed by atoms with Crippen molar-refractivity contribution in [3.05, 3.63) is 56.1 Å². The monoisotopic (exact) mass is 721 g/mol. The van der Waals surface area contributed by atoms with Crippen molar-refractivity contribution in [2.24, 2.45) is 0 Å². The second-order valence-electron chi connectivity index (χ2n) is 8.71. The van der Waals surface area contributed by atoms with Gasteiger partial charge in [0.25, 0.3) is 0 Å². The number of hydrogen-bond acceptors (Lipinski definition) is 7. The zero-order valence-electron chi connectivity index (χ0n) is 27.9. The normalized spacial score (nSPS) is 10.1. The molecule has 2 N–H and O–H groups in total. The summed E-state index contributed by atoms with van der Waals surface area (Å²) in [5.41, 5.74) is 3.18. The van der Waals surface area contributed by atoms with Gasteiger partial charge in [-0.05, 0) is 74.9 Å². The number of benzene rings is 2. The van der Waals surface area contributed by atoms with Crippen LogP contribution in [0.3, 0.4) is 0 Å². The van der Waals surface area contributed by atoms with Gasteiger partial charge in [-0.1, -0.05) is 72.2 Å². The number of fused-ring (bicyclic) bond motifs is 3. The highest BCUT2D eigenvalue weighted by Gasteiger charge is 2.31. The Morgan fingerprint density at radius 1 is 1.05 bits per heavy atom. The summed E-state index contributed by atoms with van der Waals surface area (Å²) in [6, 6.07) is 8.74. The van der Waals surface area contributed by atoms with Crippen LogP contribution in [0.1, 0.15) is 92.7 Å². The number of nitrogens with one attached hydrogen (secondary N) is 1. The summed E-state index contributed by atoms with van der Waals surface area (Å²) in [6.45, 7) is 20.5. The summed E-state index contributed by atoms with van der Waals surface area (Å²) in [7, 11) is 4.54. The molecule has 8 nitrogen and oxygen atoms in total. The predicted octanol–water partition coefficient (Wildman–Crippen LogP) is 10.0. The summed E-state index contributed by atoms with van der Waals surface area (Å²) >= 11 is 15.9. The largest absolute Gasteiger partial charge is 0.495 e. The molecule has 0 fully saturated rings. The first-order chi connectivity index (χ1) is 20.5. The molecule has 0 saturated carbocycles. The lowest BCUT2D eigenvalue weighted by Gasteiger charge is -2.21. The zero-order chi connectivity index (χ0) is 33.9. The SMILES string of the molecule is C.CC.CC.CC.CCOC(=O)c1nn(-c2cc(Cl)cc(Cl)c2)c2c1COc1cc(OC)c(Br)cc1-2.CNC(C)(C)C.CO. The molecule has 4 rings (SSSR count). The van der Waals surface area contributed by atoms with Gasteiger partial charge in [-0.2, -0.15) is 5.10 Å². The minimum Gasteiger partial charge on any atom is -0.495 e. The van der Waals surface area contributed by atoms with Crippen LogP contribution in [-0.4, -0.2) is 54.3 Å². The average Bonchev–Trinajstić information content (AvgIpc) is 3.41. The van der Waals surface area contributed by atoms with Crippen LogP contribution in [-0.2, 0) is 11.3 Å². The second kappa shape index (κ2) is 24.0. The van der Waals surface area contributed by atoms with Gasteiger partial charge >= 0.3 is 5.97 Å². The molecule has 2 aromatic carbocycles. The van der Waals surface area contributed by atoms with E-state index in [1.54, 1.807) is 43.0 Å². The van der Waals surface area contributed by atoms with Crippen LogP contribution in [0.15, 0.2) is 34.8 Å². The Bertz CT molecular complexity index is 1220. The molecule has 1 aromatic heterocycles. The molecule has 0 amide bonds. The third kappa shape index (κ3) is 13.4. The molecule has 1 aliphatic heterocycles. The van der Waals surface area contributed by atoms with Gasteiger partial charge in [0, 0.05) is 34.3 Å². The molecule has 3 aromatic rings. The maximum absolute atomic E-state index is 12.5. The van der Waals surface area contributed by atoms with E-state index in [0.29, 0.717) is 44.0 Å². The van der Waals surface area contributed by atoms with E-state index in [4.69, 9.17) is 42.5 Å². The van der Waals surface area contributed by atoms with Crippen LogP contribution in [0, 0.1) is 0 Å². The van der Waals surface area contributed by atoms with E-state index < -0.39 is 5.97 Å². The smallest absolute Gasteiger partial charge is 0.359 e. The Balaban J connectivity index is -0.000000968. The molecule has 0 spiro atoms. The molecule has 252 valence electrons. The maximum atomic E-state index is 12.5. The van der Waals surface area contributed by atoms with E-state index in [0.717, 1.165) is 17.1 Å². The van der Waals surface area contributed by atoms with E-state index in [1.807, 2.05) is 54.7 Å². The van der Waals surface area contributed by atoms with Crippen molar-refractivity contribution in [3.63, 3.8) is 0 Å². The second-order valence-corrected chi connectivity index (χ2v) is 10.4. The van der Waals surface area contributed by atoms with Gasteiger partial charge in [0.15, 0.2) is 5.69 Å². The van der Waals surface area contributed by atoms with E-state index in [-0.39, 0.29) is 26.3 Å². The molecule has 0 saturated heterocycles. The van der Waals surface area contributed by atoms with Crippen molar-refractivity contribution in [2.75, 3.05) is 27.9 Å². The minimum absolute atomic E-state index is 0. The Kier molecular flexibility index (Phi) is 25.2. The van der Waals surface area contributed by atoms with E-state index in [9.17, 15) is 4.79 Å². The van der Waals surface area contributed by atoms with Crippen molar-refractivity contribution in [1.29, 1.82) is 0 Å². The van der Waals surface area contributed by atoms with Crippen LogP contribution in [0.2, 0.25) is 10.0 Å². The number of halogens is 3. The molecule has 0 aliphatic carbocycles. The summed E-state index contributed by atoms with van der Waals surface area (Å²) in [5.74, 6) is 0.729. The fourth-order valence-electron chi connectivity index (χ4n) is 3.22. The van der Waals surface area contributed by atoms with Gasteiger partial charge in [-0.25, -0.2) is 9.48 Å². The van der Waals surface area contributed by atoms with Gasteiger partial charge in [0.1, 0.15) is 18.1 Å². The maximum Gasteiger partial charge on any atom is 0.359 e. The third-order valence-corrected chi connectivity index (χ3v) is 6.23. The fraction of sp³-hybridized carbons (Fsp3) is 0.515. The van der Waals surface area contributed by atoms with Crippen molar-refractivity contribution >= 4 is 45.1 Å². The highest BCUT2D eigenvalue weighted by molar-refractivity contribution is 9.10. The number of aromatic nitrogens is 2. The molecular formula is C33H54BrCl2N3O5. The van der Waals surface area contributed by atoms with Crippen molar-refractivity contribution in [2.45, 2.75) is 88.8 Å². The topological polar surface area (TPSA) is 94.8 Å². The average molecular weight is 724 g/mol. The Morgan fingerprint density at radius 3 is 1.98 bits per heavy atom. The lowest BCUT2D eigenvalue weighted by atomic mass is 10.0. The molecule has 11 heteroatoms. The molecule has 0 atom stereocenters. The Hall–Kier alpha value is -2.30. The summed E-state index contributed by atoms with van der Waals surface area (Å²) in [4.78, 5) is 12.5. The standard InChI is InChI=1S/C20H15BrCl2N2O4.C5H13N.3C2H6.CH4O.CH4/c1-3-28-20(26)18-14-9-29-16-8-17(27-2)15(21)7-13(16)19(14)25(24-18)12-5-10(22)4-11(23)6-12;1-5(2,3)6-4;4*1-2;/h4-8H,3,9H2,1-2H3;6H,1-4H3;3*1-2H3;2H,1H3;1H4. The number of rotatable bonds is 4. The Labute approximate surface area is 284 Å². The lowest BCUT2D eigenvalue weighted by molar-refractivity contribution is 0.0516. The van der Waals surface area contributed by atoms with Crippen molar-refractivity contribution in [3.8, 4) is 28.4 Å². The number of aliphatic hydroxyl groups excluding tert-OH is 1. The zero-order valence-corrected chi connectivity index (χ0v) is 31.0. The van der Waals surface area contributed by atoms with Gasteiger partial charge in [-0.3, -0.25) is 0 Å². The number of ether oxygens (including phenoxy) is 3.